The Morgan fingerprint density at radius 1 is 1.29 bits per heavy atom. The van der Waals surface area contributed by atoms with E-state index in [4.69, 9.17) is 15.2 Å². The summed E-state index contributed by atoms with van der Waals surface area (Å²) in [5.74, 6) is 1.89. The van der Waals surface area contributed by atoms with Crippen LogP contribution in [0.1, 0.15) is 27.2 Å². The van der Waals surface area contributed by atoms with Crippen molar-refractivity contribution >= 4 is 17.6 Å². The maximum absolute atomic E-state index is 11.5. The van der Waals surface area contributed by atoms with Crippen molar-refractivity contribution in [1.29, 1.82) is 0 Å². The van der Waals surface area contributed by atoms with Crippen LogP contribution in [0.15, 0.2) is 23.2 Å². The van der Waals surface area contributed by atoms with E-state index in [1.807, 2.05) is 25.1 Å². The normalized spacial score (nSPS) is 17.4. The number of carbonyl (C=O) groups is 1. The highest BCUT2D eigenvalue weighted by atomic mass is 16.5. The molecule has 2 rings (SSSR count). The third kappa shape index (κ3) is 5.68. The van der Waals surface area contributed by atoms with Crippen LogP contribution in [-0.2, 0) is 4.79 Å². The molecule has 1 fully saturated rings. The van der Waals surface area contributed by atoms with Crippen molar-refractivity contribution in [3.63, 3.8) is 0 Å². The second-order valence-electron chi connectivity index (χ2n) is 7.59. The SMILES string of the molecule is CCNC(=NCC(C)(C)C(N)=O)NC1CCN(c2cc(OC)cc(OC)c2)C1. The highest BCUT2D eigenvalue weighted by Crippen LogP contribution is 2.30. The lowest BCUT2D eigenvalue weighted by Gasteiger charge is -2.22. The van der Waals surface area contributed by atoms with E-state index in [-0.39, 0.29) is 11.9 Å². The van der Waals surface area contributed by atoms with Gasteiger partial charge < -0.3 is 30.7 Å². The van der Waals surface area contributed by atoms with Gasteiger partial charge in [0.1, 0.15) is 11.5 Å². The Morgan fingerprint density at radius 2 is 1.93 bits per heavy atom. The van der Waals surface area contributed by atoms with Crippen LogP contribution in [0.5, 0.6) is 11.5 Å². The van der Waals surface area contributed by atoms with Crippen LogP contribution >= 0.6 is 0 Å². The minimum absolute atomic E-state index is 0.242. The van der Waals surface area contributed by atoms with Crippen molar-refractivity contribution in [2.45, 2.75) is 33.2 Å². The molecule has 8 heteroatoms. The molecule has 28 heavy (non-hydrogen) atoms. The van der Waals surface area contributed by atoms with Crippen molar-refractivity contribution in [2.24, 2.45) is 16.1 Å². The Bertz CT molecular complexity index is 683. The fourth-order valence-electron chi connectivity index (χ4n) is 2.96. The zero-order valence-corrected chi connectivity index (χ0v) is 17.5. The maximum Gasteiger partial charge on any atom is 0.224 e. The lowest BCUT2D eigenvalue weighted by Crippen LogP contribution is -2.45. The van der Waals surface area contributed by atoms with E-state index < -0.39 is 5.41 Å². The number of amides is 1. The average molecular weight is 392 g/mol. The number of guanidine groups is 1. The number of nitrogens with zero attached hydrogens (tertiary/aromatic N) is 2. The van der Waals surface area contributed by atoms with Crippen molar-refractivity contribution in [3.8, 4) is 11.5 Å². The van der Waals surface area contributed by atoms with Gasteiger partial charge in [-0.25, -0.2) is 0 Å². The van der Waals surface area contributed by atoms with Gasteiger partial charge in [0.2, 0.25) is 5.91 Å². The van der Waals surface area contributed by atoms with Crippen molar-refractivity contribution in [2.75, 3.05) is 45.3 Å². The number of carbonyl (C=O) groups excluding carboxylic acids is 1. The molecule has 0 aromatic heterocycles. The fraction of sp³-hybridized carbons (Fsp3) is 0.600. The van der Waals surface area contributed by atoms with Gasteiger partial charge in [0.25, 0.3) is 0 Å². The highest BCUT2D eigenvalue weighted by Gasteiger charge is 2.26. The molecule has 1 atom stereocenters. The summed E-state index contributed by atoms with van der Waals surface area (Å²) in [5, 5.41) is 6.71. The van der Waals surface area contributed by atoms with E-state index in [2.05, 4.69) is 20.5 Å². The summed E-state index contributed by atoms with van der Waals surface area (Å²) in [4.78, 5) is 18.4. The van der Waals surface area contributed by atoms with Crippen LogP contribution in [0.25, 0.3) is 0 Å². The molecule has 4 N–H and O–H groups in total. The Kier molecular flexibility index (Phi) is 7.37. The molecule has 1 aromatic rings. The van der Waals surface area contributed by atoms with Gasteiger partial charge in [-0.3, -0.25) is 9.79 Å². The van der Waals surface area contributed by atoms with Crippen molar-refractivity contribution in [1.82, 2.24) is 10.6 Å². The minimum Gasteiger partial charge on any atom is -0.497 e. The number of ether oxygens (including phenoxy) is 2. The minimum atomic E-state index is -0.679. The molecular weight excluding hydrogens is 358 g/mol. The topological polar surface area (TPSA) is 101 Å². The number of nitrogens with two attached hydrogens (primary N) is 1. The molecule has 1 amide bonds. The van der Waals surface area contributed by atoms with Gasteiger partial charge in [0.05, 0.1) is 26.2 Å². The first-order valence-corrected chi connectivity index (χ1v) is 9.61. The number of hydrogen-bond acceptors (Lipinski definition) is 5. The molecule has 0 aliphatic carbocycles. The molecule has 1 unspecified atom stereocenters. The number of primary amides is 1. The molecule has 8 nitrogen and oxygen atoms in total. The smallest absolute Gasteiger partial charge is 0.224 e. The first-order valence-electron chi connectivity index (χ1n) is 9.61. The molecule has 1 saturated heterocycles. The predicted octanol–water partition coefficient (Wildman–Crippen LogP) is 1.35. The quantitative estimate of drug-likeness (QED) is 0.457. The summed E-state index contributed by atoms with van der Waals surface area (Å²) in [6, 6.07) is 6.14. The first-order chi connectivity index (χ1) is 13.3. The van der Waals surface area contributed by atoms with Gasteiger partial charge in [0, 0.05) is 49.6 Å². The molecule has 0 radical (unpaired) electrons. The van der Waals surface area contributed by atoms with E-state index in [1.165, 1.54) is 0 Å². The molecule has 0 bridgehead atoms. The number of nitrogens with one attached hydrogen (secondary N) is 2. The summed E-state index contributed by atoms with van der Waals surface area (Å²) in [7, 11) is 3.30. The standard InChI is InChI=1S/C20H33N5O3/c1-6-22-19(23-13-20(2,3)18(21)26)24-14-7-8-25(12-14)15-9-16(27-4)11-17(10-15)28-5/h9-11,14H,6-8,12-13H2,1-5H3,(H2,21,26)(H2,22,23,24). The van der Waals surface area contributed by atoms with Gasteiger partial charge in [-0.15, -0.1) is 0 Å². The third-order valence-corrected chi connectivity index (χ3v) is 4.87. The number of methoxy groups -OCH3 is 2. The summed E-state index contributed by atoms with van der Waals surface area (Å²) in [6.07, 6.45) is 0.975. The lowest BCUT2D eigenvalue weighted by molar-refractivity contribution is -0.125. The number of anilines is 1. The van der Waals surface area contributed by atoms with Gasteiger partial charge in [-0.2, -0.15) is 0 Å². The van der Waals surface area contributed by atoms with E-state index in [0.717, 1.165) is 43.2 Å². The second kappa shape index (κ2) is 9.52. The van der Waals surface area contributed by atoms with Gasteiger partial charge in [-0.1, -0.05) is 0 Å². The third-order valence-electron chi connectivity index (χ3n) is 4.87. The molecular formula is C20H33N5O3. The highest BCUT2D eigenvalue weighted by molar-refractivity contribution is 5.83. The zero-order chi connectivity index (χ0) is 20.7. The number of rotatable bonds is 8. The second-order valence-corrected chi connectivity index (χ2v) is 7.59. The molecule has 1 aliphatic rings. The largest absolute Gasteiger partial charge is 0.497 e. The van der Waals surface area contributed by atoms with Crippen LogP contribution in [-0.4, -0.2) is 58.3 Å². The predicted molar refractivity (Wildman–Crippen MR) is 112 cm³/mol. The molecule has 1 heterocycles. The fourth-order valence-corrected chi connectivity index (χ4v) is 2.96. The van der Waals surface area contributed by atoms with E-state index in [0.29, 0.717) is 12.5 Å². The van der Waals surface area contributed by atoms with Crippen molar-refractivity contribution in [3.05, 3.63) is 18.2 Å². The lowest BCUT2D eigenvalue weighted by atomic mass is 9.93. The molecule has 0 saturated carbocycles. The number of benzene rings is 1. The van der Waals surface area contributed by atoms with E-state index in [9.17, 15) is 4.79 Å². The van der Waals surface area contributed by atoms with Crippen molar-refractivity contribution < 1.29 is 14.3 Å². The Labute approximate surface area is 167 Å². The summed E-state index contributed by atoms with van der Waals surface area (Å²) in [6.45, 7) is 8.44. The van der Waals surface area contributed by atoms with E-state index in [1.54, 1.807) is 28.1 Å². The summed E-state index contributed by atoms with van der Waals surface area (Å²) < 4.78 is 10.7. The maximum atomic E-state index is 11.5. The summed E-state index contributed by atoms with van der Waals surface area (Å²) in [5.41, 5.74) is 5.84. The summed E-state index contributed by atoms with van der Waals surface area (Å²) >= 11 is 0. The Hall–Kier alpha value is -2.64. The van der Waals surface area contributed by atoms with Crippen LogP contribution in [0, 0.1) is 5.41 Å². The zero-order valence-electron chi connectivity index (χ0n) is 17.5. The monoisotopic (exact) mass is 391 g/mol. The number of hydrogen-bond donors (Lipinski definition) is 3. The van der Waals surface area contributed by atoms with Crippen LogP contribution in [0.3, 0.4) is 0 Å². The van der Waals surface area contributed by atoms with Crippen LogP contribution in [0.2, 0.25) is 0 Å². The Balaban J connectivity index is 2.04. The molecule has 1 aliphatic heterocycles. The van der Waals surface area contributed by atoms with Gasteiger partial charge >= 0.3 is 0 Å². The van der Waals surface area contributed by atoms with E-state index >= 15 is 0 Å². The van der Waals surface area contributed by atoms with Gasteiger partial charge in [0.15, 0.2) is 5.96 Å². The average Bonchev–Trinajstić information content (AvgIpc) is 3.14. The van der Waals surface area contributed by atoms with Crippen LogP contribution < -0.4 is 30.7 Å². The first kappa shape index (κ1) is 21.7. The Morgan fingerprint density at radius 3 is 2.46 bits per heavy atom. The molecule has 1 aromatic carbocycles. The molecule has 0 spiro atoms. The number of aliphatic imine (C=N–C) groups is 1. The van der Waals surface area contributed by atoms with Crippen LogP contribution in [0.4, 0.5) is 5.69 Å². The van der Waals surface area contributed by atoms with Gasteiger partial charge in [-0.05, 0) is 27.2 Å². The molecule has 156 valence electrons.